The Morgan fingerprint density at radius 1 is 1.48 bits per heavy atom. The predicted octanol–water partition coefficient (Wildman–Crippen LogP) is 1.44. The van der Waals surface area contributed by atoms with Crippen molar-refractivity contribution in [3.05, 3.63) is 18.0 Å². The van der Waals surface area contributed by atoms with E-state index >= 15 is 0 Å². The van der Waals surface area contributed by atoms with Crippen molar-refractivity contribution in [2.75, 3.05) is 26.2 Å². The van der Waals surface area contributed by atoms with Crippen LogP contribution in [0.1, 0.15) is 32.8 Å². The van der Waals surface area contributed by atoms with E-state index in [2.05, 4.69) is 42.3 Å². The van der Waals surface area contributed by atoms with Gasteiger partial charge in [0.15, 0.2) is 0 Å². The van der Waals surface area contributed by atoms with Crippen LogP contribution in [0.3, 0.4) is 0 Å². The maximum Gasteiger partial charge on any atom is 0.0858 e. The lowest BCUT2D eigenvalue weighted by atomic mass is 10.0. The number of nitrogens with zero attached hydrogens (tertiary/aromatic N) is 3. The average molecular weight is 294 g/mol. The summed E-state index contributed by atoms with van der Waals surface area (Å²) in [7, 11) is 1.97. The molecule has 0 spiro atoms. The molecule has 21 heavy (non-hydrogen) atoms. The molecule has 2 atom stereocenters. The van der Waals surface area contributed by atoms with Crippen molar-refractivity contribution in [1.29, 1.82) is 0 Å². The molecule has 1 fully saturated rings. The van der Waals surface area contributed by atoms with Crippen LogP contribution in [-0.4, -0.2) is 59.1 Å². The van der Waals surface area contributed by atoms with Gasteiger partial charge in [-0.05, 0) is 38.8 Å². The van der Waals surface area contributed by atoms with Gasteiger partial charge in [0.25, 0.3) is 0 Å². The Labute approximate surface area is 128 Å². The van der Waals surface area contributed by atoms with Crippen molar-refractivity contribution < 1.29 is 4.74 Å². The number of morpholine rings is 1. The summed E-state index contributed by atoms with van der Waals surface area (Å²) in [6, 6.07) is 0.942. The summed E-state index contributed by atoms with van der Waals surface area (Å²) in [6.07, 6.45) is 6.44. The molecule has 5 heteroatoms. The van der Waals surface area contributed by atoms with Crippen LogP contribution < -0.4 is 5.32 Å². The zero-order valence-electron chi connectivity index (χ0n) is 13.9. The molecule has 0 radical (unpaired) electrons. The van der Waals surface area contributed by atoms with Crippen LogP contribution in [0.4, 0.5) is 0 Å². The standard InChI is InChI=1S/C16H30N4O/c1-5-6-17-15(9-14-10-18-19(4)11-14)16-12-20(13(2)3)7-8-21-16/h10-11,13,15-17H,5-9,12H2,1-4H3. The number of nitrogens with one attached hydrogen (secondary N) is 1. The van der Waals surface area contributed by atoms with Crippen molar-refractivity contribution in [2.45, 2.75) is 51.8 Å². The zero-order valence-corrected chi connectivity index (χ0v) is 13.9. The minimum Gasteiger partial charge on any atom is -0.374 e. The van der Waals surface area contributed by atoms with E-state index in [-0.39, 0.29) is 6.10 Å². The van der Waals surface area contributed by atoms with Gasteiger partial charge in [0, 0.05) is 38.4 Å². The third-order valence-corrected chi connectivity index (χ3v) is 4.17. The number of ether oxygens (including phenoxy) is 1. The summed E-state index contributed by atoms with van der Waals surface area (Å²) >= 11 is 0. The molecule has 1 aliphatic rings. The van der Waals surface area contributed by atoms with Crippen LogP contribution in [0.15, 0.2) is 12.4 Å². The van der Waals surface area contributed by atoms with E-state index in [1.807, 2.05) is 17.9 Å². The molecule has 2 heterocycles. The first-order chi connectivity index (χ1) is 10.1. The topological polar surface area (TPSA) is 42.3 Å². The van der Waals surface area contributed by atoms with Gasteiger partial charge in [-0.15, -0.1) is 0 Å². The Bertz CT molecular complexity index is 418. The van der Waals surface area contributed by atoms with E-state index in [9.17, 15) is 0 Å². The van der Waals surface area contributed by atoms with Crippen LogP contribution in [0.2, 0.25) is 0 Å². The highest BCUT2D eigenvalue weighted by Gasteiger charge is 2.29. The molecule has 1 N–H and O–H groups in total. The van der Waals surface area contributed by atoms with Gasteiger partial charge in [-0.1, -0.05) is 6.92 Å². The molecule has 1 saturated heterocycles. The van der Waals surface area contributed by atoms with Crippen molar-refractivity contribution in [3.8, 4) is 0 Å². The summed E-state index contributed by atoms with van der Waals surface area (Å²) < 4.78 is 7.93. The summed E-state index contributed by atoms with van der Waals surface area (Å²) in [5.74, 6) is 0. The van der Waals surface area contributed by atoms with Crippen molar-refractivity contribution in [1.82, 2.24) is 20.0 Å². The summed E-state index contributed by atoms with van der Waals surface area (Å²) in [6.45, 7) is 10.7. The molecule has 2 unspecified atom stereocenters. The largest absolute Gasteiger partial charge is 0.374 e. The second-order valence-electron chi connectivity index (χ2n) is 6.28. The zero-order chi connectivity index (χ0) is 15.2. The van der Waals surface area contributed by atoms with E-state index in [0.717, 1.165) is 39.1 Å². The Balaban J connectivity index is 2.00. The minimum absolute atomic E-state index is 0.257. The molecule has 0 aromatic carbocycles. The molecule has 0 aliphatic carbocycles. The molecule has 120 valence electrons. The van der Waals surface area contributed by atoms with E-state index in [0.29, 0.717) is 12.1 Å². The second kappa shape index (κ2) is 7.92. The monoisotopic (exact) mass is 294 g/mol. The van der Waals surface area contributed by atoms with E-state index in [1.54, 1.807) is 0 Å². The quantitative estimate of drug-likeness (QED) is 0.826. The van der Waals surface area contributed by atoms with Gasteiger partial charge >= 0.3 is 0 Å². The van der Waals surface area contributed by atoms with Crippen LogP contribution in [0.25, 0.3) is 0 Å². The van der Waals surface area contributed by atoms with E-state index in [4.69, 9.17) is 4.74 Å². The minimum atomic E-state index is 0.257. The third-order valence-electron chi connectivity index (χ3n) is 4.17. The number of rotatable bonds is 7. The van der Waals surface area contributed by atoms with E-state index in [1.165, 1.54) is 5.56 Å². The first-order valence-electron chi connectivity index (χ1n) is 8.16. The van der Waals surface area contributed by atoms with Gasteiger partial charge in [-0.3, -0.25) is 9.58 Å². The van der Waals surface area contributed by atoms with Crippen LogP contribution in [0.5, 0.6) is 0 Å². The third kappa shape index (κ3) is 4.80. The van der Waals surface area contributed by atoms with Gasteiger partial charge in [0.05, 0.1) is 18.9 Å². The lowest BCUT2D eigenvalue weighted by Crippen LogP contribution is -2.54. The molecule has 2 rings (SSSR count). The Morgan fingerprint density at radius 2 is 2.29 bits per heavy atom. The molecule has 1 aromatic heterocycles. The maximum atomic E-state index is 6.07. The first kappa shape index (κ1) is 16.5. The molecule has 0 bridgehead atoms. The Kier molecular flexibility index (Phi) is 6.21. The van der Waals surface area contributed by atoms with Crippen molar-refractivity contribution in [3.63, 3.8) is 0 Å². The molecule has 5 nitrogen and oxygen atoms in total. The fraction of sp³-hybridized carbons (Fsp3) is 0.812. The van der Waals surface area contributed by atoms with Gasteiger partial charge in [0.1, 0.15) is 0 Å². The predicted molar refractivity (Wildman–Crippen MR) is 85.4 cm³/mol. The van der Waals surface area contributed by atoms with Gasteiger partial charge in [-0.25, -0.2) is 0 Å². The summed E-state index contributed by atoms with van der Waals surface area (Å²) in [4.78, 5) is 2.51. The number of hydrogen-bond acceptors (Lipinski definition) is 4. The summed E-state index contributed by atoms with van der Waals surface area (Å²) in [5, 5.41) is 7.94. The maximum absolute atomic E-state index is 6.07. The smallest absolute Gasteiger partial charge is 0.0858 e. The van der Waals surface area contributed by atoms with Crippen LogP contribution >= 0.6 is 0 Å². The van der Waals surface area contributed by atoms with E-state index < -0.39 is 0 Å². The van der Waals surface area contributed by atoms with Crippen LogP contribution in [0, 0.1) is 0 Å². The van der Waals surface area contributed by atoms with Crippen molar-refractivity contribution in [2.24, 2.45) is 7.05 Å². The van der Waals surface area contributed by atoms with Gasteiger partial charge < -0.3 is 10.1 Å². The lowest BCUT2D eigenvalue weighted by molar-refractivity contribution is -0.0551. The highest BCUT2D eigenvalue weighted by atomic mass is 16.5. The Hall–Kier alpha value is -0.910. The number of aromatic nitrogens is 2. The number of hydrogen-bond donors (Lipinski definition) is 1. The number of aryl methyl sites for hydroxylation is 1. The first-order valence-corrected chi connectivity index (χ1v) is 8.16. The molecule has 0 amide bonds. The van der Waals surface area contributed by atoms with Crippen LogP contribution in [-0.2, 0) is 18.2 Å². The molecule has 0 saturated carbocycles. The molecular formula is C16H30N4O. The van der Waals surface area contributed by atoms with Gasteiger partial charge in [0.2, 0.25) is 0 Å². The Morgan fingerprint density at radius 3 is 2.90 bits per heavy atom. The summed E-state index contributed by atoms with van der Waals surface area (Å²) in [5.41, 5.74) is 1.27. The fourth-order valence-corrected chi connectivity index (χ4v) is 2.90. The fourth-order valence-electron chi connectivity index (χ4n) is 2.90. The normalized spacial score (nSPS) is 21.9. The van der Waals surface area contributed by atoms with Crippen molar-refractivity contribution >= 4 is 0 Å². The SMILES string of the molecule is CCCNC(Cc1cnn(C)c1)C1CN(C(C)C)CCO1. The highest BCUT2D eigenvalue weighted by molar-refractivity contribution is 5.07. The second-order valence-corrected chi connectivity index (χ2v) is 6.28. The highest BCUT2D eigenvalue weighted by Crippen LogP contribution is 2.15. The average Bonchev–Trinajstić information content (AvgIpc) is 2.89. The molecule has 1 aliphatic heterocycles. The van der Waals surface area contributed by atoms with Gasteiger partial charge in [-0.2, -0.15) is 5.10 Å². The lowest BCUT2D eigenvalue weighted by Gasteiger charge is -2.39. The molecular weight excluding hydrogens is 264 g/mol. The molecule has 1 aromatic rings.